The molecule has 3 heterocycles. The van der Waals surface area contributed by atoms with Gasteiger partial charge in [0, 0.05) is 19.1 Å². The van der Waals surface area contributed by atoms with Crippen molar-refractivity contribution in [3.63, 3.8) is 0 Å². The third kappa shape index (κ3) is 3.16. The van der Waals surface area contributed by atoms with Crippen molar-refractivity contribution in [1.82, 2.24) is 19.9 Å². The van der Waals surface area contributed by atoms with Gasteiger partial charge in [-0.2, -0.15) is 15.0 Å². The van der Waals surface area contributed by atoms with Gasteiger partial charge in [-0.1, -0.05) is 0 Å². The number of nitrogens with one attached hydrogen (secondary N) is 1. The topological polar surface area (TPSA) is 92.4 Å². The highest BCUT2D eigenvalue weighted by molar-refractivity contribution is 5.39. The molecule has 8 heteroatoms. The number of aromatic nitrogens is 3. The smallest absolute Gasteiger partial charge is 0.323 e. The standard InChI is InChI=1S/C13H23N7O/c1-2-21-13-16-11(18-14)15-12(17-13)20-8-5-10(9-20)19-6-3-4-7-19/h10H,2-9,14H2,1H3,(H,15,16,17,18). The summed E-state index contributed by atoms with van der Waals surface area (Å²) in [7, 11) is 0. The molecule has 0 aromatic carbocycles. The molecule has 0 aliphatic carbocycles. The van der Waals surface area contributed by atoms with Gasteiger partial charge >= 0.3 is 6.01 Å². The zero-order valence-electron chi connectivity index (χ0n) is 12.5. The van der Waals surface area contributed by atoms with Crippen LogP contribution in [0.25, 0.3) is 0 Å². The van der Waals surface area contributed by atoms with Crippen LogP contribution < -0.4 is 20.9 Å². The lowest BCUT2D eigenvalue weighted by molar-refractivity contribution is 0.260. The van der Waals surface area contributed by atoms with Crippen LogP contribution in [0.1, 0.15) is 26.2 Å². The lowest BCUT2D eigenvalue weighted by atomic mass is 10.2. The molecule has 0 saturated carbocycles. The minimum absolute atomic E-state index is 0.320. The van der Waals surface area contributed by atoms with E-state index in [1.54, 1.807) is 0 Å². The number of hydrogen-bond acceptors (Lipinski definition) is 8. The predicted molar refractivity (Wildman–Crippen MR) is 80.2 cm³/mol. The molecule has 1 aromatic heterocycles. The van der Waals surface area contributed by atoms with Crippen molar-refractivity contribution in [2.75, 3.05) is 43.1 Å². The van der Waals surface area contributed by atoms with Crippen molar-refractivity contribution in [2.45, 2.75) is 32.2 Å². The van der Waals surface area contributed by atoms with Crippen LogP contribution in [0.3, 0.4) is 0 Å². The Labute approximate surface area is 124 Å². The van der Waals surface area contributed by atoms with Crippen LogP contribution in [0.2, 0.25) is 0 Å². The van der Waals surface area contributed by atoms with E-state index in [2.05, 4.69) is 30.2 Å². The zero-order chi connectivity index (χ0) is 14.7. The van der Waals surface area contributed by atoms with E-state index in [1.807, 2.05) is 6.92 Å². The fourth-order valence-corrected chi connectivity index (χ4v) is 3.07. The van der Waals surface area contributed by atoms with Crippen molar-refractivity contribution >= 4 is 11.9 Å². The molecule has 3 rings (SSSR count). The molecular formula is C13H23N7O. The number of nitrogens with zero attached hydrogens (tertiary/aromatic N) is 5. The first-order valence-electron chi connectivity index (χ1n) is 7.64. The number of nitrogen functional groups attached to an aromatic ring is 1. The molecule has 0 amide bonds. The first kappa shape index (κ1) is 14.3. The van der Waals surface area contributed by atoms with Gasteiger partial charge in [0.05, 0.1) is 6.61 Å². The Bertz CT molecular complexity index is 478. The highest BCUT2D eigenvalue weighted by Crippen LogP contribution is 2.24. The SMILES string of the molecule is CCOc1nc(NN)nc(N2CCC(N3CCCC3)C2)n1. The Morgan fingerprint density at radius 1 is 1.24 bits per heavy atom. The Kier molecular flexibility index (Phi) is 4.35. The van der Waals surface area contributed by atoms with Crippen LogP contribution in [0.5, 0.6) is 6.01 Å². The maximum atomic E-state index is 5.42. The Balaban J connectivity index is 1.72. The van der Waals surface area contributed by atoms with Crippen LogP contribution in [-0.2, 0) is 0 Å². The number of anilines is 2. The summed E-state index contributed by atoms with van der Waals surface area (Å²) < 4.78 is 5.38. The monoisotopic (exact) mass is 293 g/mol. The third-order valence-electron chi connectivity index (χ3n) is 4.11. The summed E-state index contributed by atoms with van der Waals surface area (Å²) >= 11 is 0. The molecule has 1 unspecified atom stereocenters. The minimum atomic E-state index is 0.320. The number of nitrogens with two attached hydrogens (primary N) is 1. The highest BCUT2D eigenvalue weighted by atomic mass is 16.5. The molecule has 1 atom stereocenters. The summed E-state index contributed by atoms with van der Waals surface area (Å²) in [6, 6.07) is 0.925. The number of hydrazine groups is 1. The Morgan fingerprint density at radius 3 is 2.76 bits per heavy atom. The molecule has 21 heavy (non-hydrogen) atoms. The molecule has 0 spiro atoms. The van der Waals surface area contributed by atoms with E-state index in [9.17, 15) is 0 Å². The minimum Gasteiger partial charge on any atom is -0.464 e. The molecule has 2 aliphatic heterocycles. The van der Waals surface area contributed by atoms with Gasteiger partial charge in [0.15, 0.2) is 0 Å². The van der Waals surface area contributed by atoms with E-state index in [0.29, 0.717) is 30.6 Å². The van der Waals surface area contributed by atoms with Crippen molar-refractivity contribution in [3.05, 3.63) is 0 Å². The maximum absolute atomic E-state index is 5.42. The average molecular weight is 293 g/mol. The van der Waals surface area contributed by atoms with E-state index in [4.69, 9.17) is 10.6 Å². The maximum Gasteiger partial charge on any atom is 0.323 e. The van der Waals surface area contributed by atoms with Gasteiger partial charge in [-0.05, 0) is 39.3 Å². The van der Waals surface area contributed by atoms with Gasteiger partial charge in [-0.3, -0.25) is 10.3 Å². The first-order chi connectivity index (χ1) is 10.3. The van der Waals surface area contributed by atoms with Gasteiger partial charge < -0.3 is 9.64 Å². The number of ether oxygens (including phenoxy) is 1. The fraction of sp³-hybridized carbons (Fsp3) is 0.769. The van der Waals surface area contributed by atoms with Gasteiger partial charge in [-0.15, -0.1) is 0 Å². The molecule has 3 N–H and O–H groups in total. The lowest BCUT2D eigenvalue weighted by Crippen LogP contribution is -2.35. The van der Waals surface area contributed by atoms with Crippen LogP contribution in [0.15, 0.2) is 0 Å². The Morgan fingerprint density at radius 2 is 2.05 bits per heavy atom. The van der Waals surface area contributed by atoms with Crippen molar-refractivity contribution in [3.8, 4) is 6.01 Å². The molecule has 2 fully saturated rings. The molecule has 0 radical (unpaired) electrons. The largest absolute Gasteiger partial charge is 0.464 e. The Hall–Kier alpha value is -1.67. The van der Waals surface area contributed by atoms with Gasteiger partial charge in [-0.25, -0.2) is 5.84 Å². The van der Waals surface area contributed by atoms with Gasteiger partial charge in [0.2, 0.25) is 11.9 Å². The normalized spacial score (nSPS) is 22.8. The van der Waals surface area contributed by atoms with Crippen molar-refractivity contribution in [2.24, 2.45) is 5.84 Å². The highest BCUT2D eigenvalue weighted by Gasteiger charge is 2.30. The second-order valence-corrected chi connectivity index (χ2v) is 5.45. The molecular weight excluding hydrogens is 270 g/mol. The van der Waals surface area contributed by atoms with Crippen LogP contribution in [0, 0.1) is 0 Å². The molecule has 0 bridgehead atoms. The molecule has 8 nitrogen and oxygen atoms in total. The van der Waals surface area contributed by atoms with Crippen LogP contribution in [-0.4, -0.2) is 58.7 Å². The van der Waals surface area contributed by atoms with Gasteiger partial charge in [0.25, 0.3) is 0 Å². The van der Waals surface area contributed by atoms with E-state index >= 15 is 0 Å². The number of likely N-dealkylation sites (tertiary alicyclic amines) is 1. The first-order valence-corrected chi connectivity index (χ1v) is 7.64. The summed E-state index contributed by atoms with van der Waals surface area (Å²) in [5, 5.41) is 0. The summed E-state index contributed by atoms with van der Waals surface area (Å²) in [6.07, 6.45) is 3.79. The summed E-state index contributed by atoms with van der Waals surface area (Å²) in [6.45, 7) is 6.77. The lowest BCUT2D eigenvalue weighted by Gasteiger charge is -2.23. The molecule has 1 aromatic rings. The van der Waals surface area contributed by atoms with Crippen molar-refractivity contribution < 1.29 is 4.74 Å². The van der Waals surface area contributed by atoms with E-state index in [1.165, 1.54) is 25.9 Å². The second-order valence-electron chi connectivity index (χ2n) is 5.45. The van der Waals surface area contributed by atoms with E-state index in [0.717, 1.165) is 19.5 Å². The number of hydrogen-bond donors (Lipinski definition) is 2. The zero-order valence-corrected chi connectivity index (χ0v) is 12.5. The average Bonchev–Trinajstić information content (AvgIpc) is 3.18. The molecule has 116 valence electrons. The quantitative estimate of drug-likeness (QED) is 0.589. The number of rotatable bonds is 5. The van der Waals surface area contributed by atoms with E-state index in [-0.39, 0.29) is 0 Å². The summed E-state index contributed by atoms with van der Waals surface area (Å²) in [5.41, 5.74) is 2.48. The van der Waals surface area contributed by atoms with Gasteiger partial charge in [0.1, 0.15) is 0 Å². The van der Waals surface area contributed by atoms with Crippen LogP contribution in [0.4, 0.5) is 11.9 Å². The fourth-order valence-electron chi connectivity index (χ4n) is 3.07. The van der Waals surface area contributed by atoms with Crippen LogP contribution >= 0.6 is 0 Å². The third-order valence-corrected chi connectivity index (χ3v) is 4.11. The summed E-state index contributed by atoms with van der Waals surface area (Å²) in [5.74, 6) is 6.41. The van der Waals surface area contributed by atoms with E-state index < -0.39 is 0 Å². The van der Waals surface area contributed by atoms with Crippen molar-refractivity contribution in [1.29, 1.82) is 0 Å². The molecule has 2 aliphatic rings. The summed E-state index contributed by atoms with van der Waals surface area (Å²) in [4.78, 5) is 17.6. The second kappa shape index (κ2) is 6.40. The predicted octanol–water partition coefficient (Wildman–Crippen LogP) is 0.230. The molecule has 2 saturated heterocycles.